The van der Waals surface area contributed by atoms with Crippen LogP contribution in [0.5, 0.6) is 0 Å². The van der Waals surface area contributed by atoms with Gasteiger partial charge in [-0.2, -0.15) is 0 Å². The number of rotatable bonds is 3. The number of likely N-dealkylation sites (tertiary alicyclic amines) is 1. The van der Waals surface area contributed by atoms with Crippen LogP contribution in [0.25, 0.3) is 0 Å². The summed E-state index contributed by atoms with van der Waals surface area (Å²) >= 11 is 0. The molecule has 1 aliphatic carbocycles. The Labute approximate surface area is 129 Å². The fraction of sp³-hybridized carbons (Fsp3) is 0.529. The summed E-state index contributed by atoms with van der Waals surface area (Å²) in [5, 5.41) is 2.63. The smallest absolute Gasteiger partial charge is 0.229 e. The van der Waals surface area contributed by atoms with Crippen LogP contribution in [0, 0.1) is 18.7 Å². The Bertz CT molecular complexity index is 596. The van der Waals surface area contributed by atoms with Crippen LogP contribution in [0.15, 0.2) is 18.2 Å². The summed E-state index contributed by atoms with van der Waals surface area (Å²) in [7, 11) is 0. The van der Waals surface area contributed by atoms with E-state index in [1.165, 1.54) is 6.07 Å². The van der Waals surface area contributed by atoms with Gasteiger partial charge in [0.25, 0.3) is 0 Å². The maximum atomic E-state index is 13.7. The first-order valence-electron chi connectivity index (χ1n) is 7.91. The van der Waals surface area contributed by atoms with Gasteiger partial charge in [0.05, 0.1) is 11.6 Å². The Kier molecular flexibility index (Phi) is 4.14. The van der Waals surface area contributed by atoms with E-state index in [2.05, 4.69) is 5.32 Å². The van der Waals surface area contributed by atoms with E-state index >= 15 is 0 Å². The zero-order chi connectivity index (χ0) is 15.7. The molecule has 0 aromatic heterocycles. The highest BCUT2D eigenvalue weighted by Gasteiger charge is 2.38. The van der Waals surface area contributed by atoms with E-state index in [-0.39, 0.29) is 29.8 Å². The molecule has 3 rings (SSSR count). The van der Waals surface area contributed by atoms with Crippen molar-refractivity contribution in [1.82, 2.24) is 4.90 Å². The highest BCUT2D eigenvalue weighted by molar-refractivity contribution is 5.97. The molecule has 0 radical (unpaired) electrons. The molecule has 1 aromatic carbocycles. The minimum Gasteiger partial charge on any atom is -0.339 e. The number of benzene rings is 1. The predicted molar refractivity (Wildman–Crippen MR) is 81.8 cm³/mol. The van der Waals surface area contributed by atoms with E-state index in [1.807, 2.05) is 11.8 Å². The normalized spacial score (nSPS) is 22.4. The van der Waals surface area contributed by atoms with Crippen molar-refractivity contribution in [3.8, 4) is 0 Å². The van der Waals surface area contributed by atoms with Crippen LogP contribution in [-0.4, -0.2) is 29.3 Å². The lowest BCUT2D eigenvalue weighted by atomic mass is 10.1. The topological polar surface area (TPSA) is 49.4 Å². The molecule has 0 spiro atoms. The number of carbonyl (C=O) groups excluding carboxylic acids is 2. The molecule has 1 atom stereocenters. The molecule has 5 heteroatoms. The summed E-state index contributed by atoms with van der Waals surface area (Å²) in [6.07, 6.45) is 4.61. The molecule has 2 amide bonds. The maximum Gasteiger partial charge on any atom is 0.229 e. The minimum absolute atomic E-state index is 0.0526. The first-order valence-corrected chi connectivity index (χ1v) is 7.91. The third kappa shape index (κ3) is 2.98. The molecule has 2 aliphatic rings. The molecule has 1 unspecified atom stereocenters. The van der Waals surface area contributed by atoms with Crippen LogP contribution in [0.1, 0.15) is 37.7 Å². The lowest BCUT2D eigenvalue weighted by molar-refractivity contribution is -0.129. The summed E-state index contributed by atoms with van der Waals surface area (Å²) in [6, 6.07) is 4.90. The van der Waals surface area contributed by atoms with Crippen molar-refractivity contribution in [3.05, 3.63) is 29.6 Å². The first-order chi connectivity index (χ1) is 10.5. The predicted octanol–water partition coefficient (Wildman–Crippen LogP) is 2.86. The zero-order valence-corrected chi connectivity index (χ0v) is 12.8. The van der Waals surface area contributed by atoms with E-state index < -0.39 is 5.82 Å². The van der Waals surface area contributed by atoms with Crippen molar-refractivity contribution in [2.45, 2.75) is 45.1 Å². The van der Waals surface area contributed by atoms with Gasteiger partial charge in [-0.05, 0) is 37.5 Å². The largest absolute Gasteiger partial charge is 0.339 e. The van der Waals surface area contributed by atoms with Gasteiger partial charge in [-0.1, -0.05) is 18.9 Å². The van der Waals surface area contributed by atoms with Crippen molar-refractivity contribution >= 4 is 17.5 Å². The monoisotopic (exact) mass is 304 g/mol. The Morgan fingerprint density at radius 2 is 2.05 bits per heavy atom. The van der Waals surface area contributed by atoms with Crippen molar-refractivity contribution in [3.63, 3.8) is 0 Å². The summed E-state index contributed by atoms with van der Waals surface area (Å²) < 4.78 is 13.7. The second-order valence-electron chi connectivity index (χ2n) is 6.36. The number of amides is 2. The molecule has 1 saturated heterocycles. The second-order valence-corrected chi connectivity index (χ2v) is 6.36. The molecular weight excluding hydrogens is 283 g/mol. The van der Waals surface area contributed by atoms with Crippen LogP contribution in [-0.2, 0) is 9.59 Å². The van der Waals surface area contributed by atoms with Crippen molar-refractivity contribution in [2.24, 2.45) is 5.92 Å². The van der Waals surface area contributed by atoms with Crippen LogP contribution in [0.3, 0.4) is 0 Å². The number of halogens is 1. The Hall–Kier alpha value is -1.91. The highest BCUT2D eigenvalue weighted by Crippen LogP contribution is 2.30. The van der Waals surface area contributed by atoms with Crippen LogP contribution < -0.4 is 5.32 Å². The highest BCUT2D eigenvalue weighted by atomic mass is 19.1. The van der Waals surface area contributed by atoms with E-state index in [0.29, 0.717) is 12.6 Å². The molecule has 1 aliphatic heterocycles. The molecular formula is C17H21FN2O2. The molecule has 1 N–H and O–H groups in total. The third-order valence-corrected chi connectivity index (χ3v) is 4.67. The number of hydrogen-bond donors (Lipinski definition) is 1. The van der Waals surface area contributed by atoms with Gasteiger partial charge in [0.2, 0.25) is 11.8 Å². The van der Waals surface area contributed by atoms with Gasteiger partial charge in [0, 0.05) is 19.0 Å². The Morgan fingerprint density at radius 3 is 2.77 bits per heavy atom. The van der Waals surface area contributed by atoms with Crippen LogP contribution in [0.2, 0.25) is 0 Å². The summed E-state index contributed by atoms with van der Waals surface area (Å²) in [6.45, 7) is 2.30. The lowest BCUT2D eigenvalue weighted by Crippen LogP contribution is -2.35. The number of hydrogen-bond acceptors (Lipinski definition) is 2. The number of aryl methyl sites for hydroxylation is 1. The Balaban J connectivity index is 1.65. The number of anilines is 1. The van der Waals surface area contributed by atoms with Crippen molar-refractivity contribution < 1.29 is 14.0 Å². The number of carbonyl (C=O) groups is 2. The third-order valence-electron chi connectivity index (χ3n) is 4.67. The average Bonchev–Trinajstić information content (AvgIpc) is 3.11. The first kappa shape index (κ1) is 15.0. The van der Waals surface area contributed by atoms with E-state index in [1.54, 1.807) is 12.1 Å². The molecule has 1 heterocycles. The standard InChI is InChI=1S/C17H21FN2O2/c1-11-6-7-14(18)15(8-11)19-17(22)12-9-16(21)20(10-12)13-4-2-3-5-13/h6-8,12-13H,2-5,9-10H2,1H3,(H,19,22). The molecule has 2 fully saturated rings. The number of nitrogens with zero attached hydrogens (tertiary/aromatic N) is 1. The molecule has 1 saturated carbocycles. The van der Waals surface area contributed by atoms with Gasteiger partial charge in [-0.3, -0.25) is 9.59 Å². The summed E-state index contributed by atoms with van der Waals surface area (Å²) in [4.78, 5) is 26.3. The summed E-state index contributed by atoms with van der Waals surface area (Å²) in [5.74, 6) is -1.04. The van der Waals surface area contributed by atoms with Gasteiger partial charge in [0.15, 0.2) is 0 Å². The second kappa shape index (κ2) is 6.07. The molecule has 22 heavy (non-hydrogen) atoms. The summed E-state index contributed by atoms with van der Waals surface area (Å²) in [5.41, 5.74) is 1.07. The number of nitrogens with one attached hydrogen (secondary N) is 1. The van der Waals surface area contributed by atoms with Crippen molar-refractivity contribution in [1.29, 1.82) is 0 Å². The molecule has 118 valence electrons. The average molecular weight is 304 g/mol. The van der Waals surface area contributed by atoms with Gasteiger partial charge in [-0.15, -0.1) is 0 Å². The fourth-order valence-electron chi connectivity index (χ4n) is 3.45. The minimum atomic E-state index is -0.448. The quantitative estimate of drug-likeness (QED) is 0.933. The van der Waals surface area contributed by atoms with Gasteiger partial charge in [0.1, 0.15) is 5.82 Å². The van der Waals surface area contributed by atoms with Crippen LogP contribution >= 0.6 is 0 Å². The van der Waals surface area contributed by atoms with Gasteiger partial charge >= 0.3 is 0 Å². The molecule has 4 nitrogen and oxygen atoms in total. The van der Waals surface area contributed by atoms with E-state index in [0.717, 1.165) is 31.2 Å². The Morgan fingerprint density at radius 1 is 1.32 bits per heavy atom. The zero-order valence-electron chi connectivity index (χ0n) is 12.8. The van der Waals surface area contributed by atoms with E-state index in [4.69, 9.17) is 0 Å². The molecule has 1 aromatic rings. The maximum absolute atomic E-state index is 13.7. The molecule has 0 bridgehead atoms. The lowest BCUT2D eigenvalue weighted by Gasteiger charge is -2.23. The van der Waals surface area contributed by atoms with Crippen LogP contribution in [0.4, 0.5) is 10.1 Å². The van der Waals surface area contributed by atoms with E-state index in [9.17, 15) is 14.0 Å². The van der Waals surface area contributed by atoms with Gasteiger partial charge in [-0.25, -0.2) is 4.39 Å². The van der Waals surface area contributed by atoms with Crippen molar-refractivity contribution in [2.75, 3.05) is 11.9 Å². The fourth-order valence-corrected chi connectivity index (χ4v) is 3.45. The SMILES string of the molecule is Cc1ccc(F)c(NC(=O)C2CC(=O)N(C3CCCC3)C2)c1. The van der Waals surface area contributed by atoms with Gasteiger partial charge < -0.3 is 10.2 Å².